The Balaban J connectivity index is 1.42. The molecular weight excluding hydrogens is 322 g/mol. The van der Waals surface area contributed by atoms with Gasteiger partial charge < -0.3 is 14.6 Å². The summed E-state index contributed by atoms with van der Waals surface area (Å²) in [5.41, 5.74) is -0.716. The zero-order valence-electron chi connectivity index (χ0n) is 14.1. The normalized spacial score (nSPS) is 36.4. The van der Waals surface area contributed by atoms with E-state index >= 15 is 0 Å². The number of carbonyl (C=O) groups excluding carboxylic acids is 2. The molecule has 3 fully saturated rings. The third kappa shape index (κ3) is 2.11. The van der Waals surface area contributed by atoms with Gasteiger partial charge in [-0.1, -0.05) is 30.2 Å². The Hall–Kier alpha value is -2.15. The third-order valence-electron chi connectivity index (χ3n) is 6.00. The molecular formula is C18H21N3O4. The van der Waals surface area contributed by atoms with Crippen molar-refractivity contribution in [3.05, 3.63) is 24.0 Å². The van der Waals surface area contributed by atoms with E-state index in [4.69, 9.17) is 9.26 Å². The summed E-state index contributed by atoms with van der Waals surface area (Å²) in [6, 6.07) is 1.97. The fraction of sp³-hybridized carbons (Fsp3) is 0.611. The van der Waals surface area contributed by atoms with Crippen LogP contribution in [0, 0.1) is 18.8 Å². The number of ether oxygens (including phenoxy) is 1. The predicted molar refractivity (Wildman–Crippen MR) is 87.7 cm³/mol. The number of aryl methyl sites for hydroxylation is 1. The second-order valence-electron chi connectivity index (χ2n) is 7.61. The first-order valence-corrected chi connectivity index (χ1v) is 9.00. The Bertz CT molecular complexity index is 766. The lowest BCUT2D eigenvalue weighted by Crippen LogP contribution is -2.46. The largest absolute Gasteiger partial charge is 0.360 e. The van der Waals surface area contributed by atoms with Gasteiger partial charge in [0.05, 0.1) is 24.5 Å². The molecule has 5 rings (SSSR count). The standard InChI is InChI=1S/C18H21N3O4/c1-10-8-13(20-25-10)21-9-18-7-6-12(24-18)14(15(18)17(21)23)16(22)19-11-4-2-3-5-11/h6-8,11-12,14-15H,2-5,9H2,1H3,(H,19,22)/t12-,14+,15+,18-/m1/s1. The van der Waals surface area contributed by atoms with Crippen LogP contribution in [0.2, 0.25) is 0 Å². The molecule has 132 valence electrons. The van der Waals surface area contributed by atoms with Crippen LogP contribution >= 0.6 is 0 Å². The molecule has 0 aromatic carbocycles. The van der Waals surface area contributed by atoms with Gasteiger partial charge in [0.2, 0.25) is 11.8 Å². The first-order valence-electron chi connectivity index (χ1n) is 9.00. The molecule has 7 nitrogen and oxygen atoms in total. The molecule has 1 aromatic rings. The maximum Gasteiger partial charge on any atom is 0.235 e. The second kappa shape index (κ2) is 5.17. The summed E-state index contributed by atoms with van der Waals surface area (Å²) in [7, 11) is 0. The number of hydrogen-bond donors (Lipinski definition) is 1. The van der Waals surface area contributed by atoms with Gasteiger partial charge in [-0.25, -0.2) is 0 Å². The van der Waals surface area contributed by atoms with Gasteiger partial charge >= 0.3 is 0 Å². The van der Waals surface area contributed by atoms with Crippen LogP contribution in [0.15, 0.2) is 22.7 Å². The lowest BCUT2D eigenvalue weighted by atomic mass is 9.76. The van der Waals surface area contributed by atoms with E-state index in [1.165, 1.54) is 0 Å². The Morgan fingerprint density at radius 3 is 2.92 bits per heavy atom. The maximum atomic E-state index is 13.1. The topological polar surface area (TPSA) is 84.7 Å². The van der Waals surface area contributed by atoms with Crippen molar-refractivity contribution in [2.45, 2.75) is 50.4 Å². The minimum atomic E-state index is -0.716. The quantitative estimate of drug-likeness (QED) is 0.837. The molecule has 2 saturated heterocycles. The van der Waals surface area contributed by atoms with Crippen LogP contribution in [0.4, 0.5) is 5.82 Å². The molecule has 1 spiro atoms. The van der Waals surface area contributed by atoms with Crippen molar-refractivity contribution in [1.82, 2.24) is 10.5 Å². The minimum Gasteiger partial charge on any atom is -0.360 e. The van der Waals surface area contributed by atoms with Crippen molar-refractivity contribution in [1.29, 1.82) is 0 Å². The van der Waals surface area contributed by atoms with Crippen LogP contribution in [-0.2, 0) is 14.3 Å². The van der Waals surface area contributed by atoms with Crippen molar-refractivity contribution in [2.24, 2.45) is 11.8 Å². The van der Waals surface area contributed by atoms with Crippen molar-refractivity contribution in [2.75, 3.05) is 11.4 Å². The highest BCUT2D eigenvalue weighted by Crippen LogP contribution is 2.52. The molecule has 2 amide bonds. The highest BCUT2D eigenvalue weighted by atomic mass is 16.5. The van der Waals surface area contributed by atoms with Crippen molar-refractivity contribution in [3.8, 4) is 0 Å². The van der Waals surface area contributed by atoms with Gasteiger partial charge in [-0.15, -0.1) is 0 Å². The monoisotopic (exact) mass is 343 g/mol. The molecule has 0 radical (unpaired) electrons. The van der Waals surface area contributed by atoms with E-state index in [1.54, 1.807) is 17.9 Å². The summed E-state index contributed by atoms with van der Waals surface area (Å²) in [6.45, 7) is 2.17. The Morgan fingerprint density at radius 2 is 2.20 bits per heavy atom. The van der Waals surface area contributed by atoms with Crippen LogP contribution in [0.25, 0.3) is 0 Å². The van der Waals surface area contributed by atoms with Gasteiger partial charge in [0, 0.05) is 12.1 Å². The van der Waals surface area contributed by atoms with E-state index < -0.39 is 17.4 Å². The number of fused-ring (bicyclic) bond motifs is 1. The maximum absolute atomic E-state index is 13.1. The summed E-state index contributed by atoms with van der Waals surface area (Å²) in [5, 5.41) is 7.09. The molecule has 7 heteroatoms. The lowest BCUT2D eigenvalue weighted by Gasteiger charge is -2.24. The molecule has 2 bridgehead atoms. The minimum absolute atomic E-state index is 0.0559. The molecule has 4 heterocycles. The zero-order valence-corrected chi connectivity index (χ0v) is 14.1. The van der Waals surface area contributed by atoms with Gasteiger partial charge in [0.1, 0.15) is 11.4 Å². The number of rotatable bonds is 3. The Kier molecular flexibility index (Phi) is 3.13. The average Bonchev–Trinajstić information content (AvgIpc) is 3.36. The van der Waals surface area contributed by atoms with E-state index in [9.17, 15) is 9.59 Å². The fourth-order valence-electron chi connectivity index (χ4n) is 4.84. The lowest BCUT2D eigenvalue weighted by molar-refractivity contribution is -0.132. The van der Waals surface area contributed by atoms with E-state index in [2.05, 4.69) is 10.5 Å². The number of aromatic nitrogens is 1. The molecule has 25 heavy (non-hydrogen) atoms. The molecule has 0 unspecified atom stereocenters. The number of carbonyl (C=O) groups is 2. The molecule has 4 aliphatic rings. The number of nitrogens with one attached hydrogen (secondary N) is 1. The Labute approximate surface area is 145 Å². The van der Waals surface area contributed by atoms with Crippen molar-refractivity contribution >= 4 is 17.6 Å². The van der Waals surface area contributed by atoms with E-state index in [1.807, 2.05) is 12.2 Å². The number of amides is 2. The first kappa shape index (κ1) is 15.1. The zero-order chi connectivity index (χ0) is 17.2. The summed E-state index contributed by atoms with van der Waals surface area (Å²) >= 11 is 0. The fourth-order valence-corrected chi connectivity index (χ4v) is 4.84. The van der Waals surface area contributed by atoms with Gasteiger partial charge in [-0.05, 0) is 19.8 Å². The van der Waals surface area contributed by atoms with E-state index in [-0.39, 0.29) is 24.0 Å². The SMILES string of the molecule is Cc1cc(N2C[C@@]34C=C[C@@H](O3)[C@H](C(=O)NC3CCCC3)[C@H]4C2=O)no1. The van der Waals surface area contributed by atoms with Crippen LogP contribution in [-0.4, -0.2) is 41.3 Å². The second-order valence-corrected chi connectivity index (χ2v) is 7.61. The molecule has 1 aliphatic carbocycles. The van der Waals surface area contributed by atoms with Gasteiger partial charge in [0.15, 0.2) is 5.82 Å². The molecule has 3 aliphatic heterocycles. The molecule has 4 atom stereocenters. The summed E-state index contributed by atoms with van der Waals surface area (Å²) in [4.78, 5) is 27.6. The van der Waals surface area contributed by atoms with Crippen LogP contribution in [0.3, 0.4) is 0 Å². The van der Waals surface area contributed by atoms with Crippen LogP contribution in [0.1, 0.15) is 31.4 Å². The number of anilines is 1. The summed E-state index contributed by atoms with van der Waals surface area (Å²) in [5.74, 6) is 0.0266. The molecule has 1 N–H and O–H groups in total. The average molecular weight is 343 g/mol. The molecule has 1 saturated carbocycles. The highest BCUT2D eigenvalue weighted by molar-refractivity contribution is 6.02. The first-order chi connectivity index (χ1) is 12.1. The third-order valence-corrected chi connectivity index (χ3v) is 6.00. The van der Waals surface area contributed by atoms with Crippen molar-refractivity contribution in [3.63, 3.8) is 0 Å². The predicted octanol–water partition coefficient (Wildman–Crippen LogP) is 1.33. The van der Waals surface area contributed by atoms with E-state index in [0.29, 0.717) is 18.1 Å². The van der Waals surface area contributed by atoms with E-state index in [0.717, 1.165) is 25.7 Å². The number of nitrogens with zero attached hydrogens (tertiary/aromatic N) is 2. The smallest absolute Gasteiger partial charge is 0.235 e. The van der Waals surface area contributed by atoms with Crippen molar-refractivity contribution < 1.29 is 18.8 Å². The number of hydrogen-bond acceptors (Lipinski definition) is 5. The summed E-state index contributed by atoms with van der Waals surface area (Å²) in [6.07, 6.45) is 7.92. The highest BCUT2D eigenvalue weighted by Gasteiger charge is 2.67. The van der Waals surface area contributed by atoms with Gasteiger partial charge in [-0.2, -0.15) is 0 Å². The van der Waals surface area contributed by atoms with Gasteiger partial charge in [0.25, 0.3) is 0 Å². The van der Waals surface area contributed by atoms with Gasteiger partial charge in [-0.3, -0.25) is 14.5 Å². The summed E-state index contributed by atoms with van der Waals surface area (Å²) < 4.78 is 11.2. The van der Waals surface area contributed by atoms with Crippen LogP contribution < -0.4 is 10.2 Å². The van der Waals surface area contributed by atoms with Crippen LogP contribution in [0.5, 0.6) is 0 Å². The Morgan fingerprint density at radius 1 is 1.40 bits per heavy atom. The molecule has 1 aromatic heterocycles.